The fraction of sp³-hybridized carbons (Fsp3) is 1.00. The highest BCUT2D eigenvalue weighted by molar-refractivity contribution is 8.13. The zero-order valence-electron chi connectivity index (χ0n) is 13.5. The first kappa shape index (κ1) is 26.3. The molecule has 0 aromatic rings. The number of rotatable bonds is 6. The number of likely N-dealkylation sites (tertiary alicyclic amines) is 1. The molecule has 1 unspecified atom stereocenters. The van der Waals surface area contributed by atoms with Crippen LogP contribution in [0.25, 0.3) is 4.13 Å². The summed E-state index contributed by atoms with van der Waals surface area (Å²) in [6.07, 6.45) is 0.545. The molecular weight excluding hydrogens is 438 g/mol. The third-order valence-electron chi connectivity index (χ3n) is 3.46. The quantitative estimate of drug-likeness (QED) is 0.365. The van der Waals surface area contributed by atoms with E-state index in [0.717, 1.165) is 17.1 Å². The van der Waals surface area contributed by atoms with Crippen molar-refractivity contribution in [3.63, 3.8) is 0 Å². The molecule has 0 bridgehead atoms. The number of sulfonamides is 2. The first-order valence-electron chi connectivity index (χ1n) is 7.05. The monoisotopic (exact) mass is 456 g/mol. The van der Waals surface area contributed by atoms with Gasteiger partial charge in [0, 0.05) is 6.42 Å². The Kier molecular flexibility index (Phi) is 8.94. The van der Waals surface area contributed by atoms with Crippen LogP contribution in [0.3, 0.4) is 0 Å². The highest BCUT2D eigenvalue weighted by Crippen LogP contribution is 2.36. The SMILES string of the molecule is O=S(=O)([N-]S(=O)(=O)C(F)(F)F)C(F)(F)F.OCC[N+]1(CCO)CCC(O)C1. The molecule has 17 heteroatoms. The van der Waals surface area contributed by atoms with E-state index < -0.39 is 31.1 Å². The van der Waals surface area contributed by atoms with Gasteiger partial charge in [-0.2, -0.15) is 26.3 Å². The summed E-state index contributed by atoms with van der Waals surface area (Å²) in [7, 11) is -13.4. The lowest BCUT2D eigenvalue weighted by Gasteiger charge is -2.32. The highest BCUT2D eigenvalue weighted by Gasteiger charge is 2.47. The van der Waals surface area contributed by atoms with Gasteiger partial charge in [-0.25, -0.2) is 16.8 Å². The Morgan fingerprint density at radius 2 is 1.26 bits per heavy atom. The van der Waals surface area contributed by atoms with Gasteiger partial charge in [-0.15, -0.1) is 0 Å². The van der Waals surface area contributed by atoms with Crippen LogP contribution in [0.2, 0.25) is 0 Å². The molecular formula is C10H18F6N2O7S2. The van der Waals surface area contributed by atoms with Gasteiger partial charge >= 0.3 is 11.0 Å². The van der Waals surface area contributed by atoms with Crippen LogP contribution in [0.5, 0.6) is 0 Å². The number of alkyl halides is 6. The van der Waals surface area contributed by atoms with E-state index in [4.69, 9.17) is 10.2 Å². The van der Waals surface area contributed by atoms with Crippen molar-refractivity contribution in [1.29, 1.82) is 0 Å². The van der Waals surface area contributed by atoms with Crippen molar-refractivity contribution in [3.8, 4) is 0 Å². The van der Waals surface area contributed by atoms with Crippen molar-refractivity contribution < 1.29 is 63.0 Å². The van der Waals surface area contributed by atoms with Crippen LogP contribution in [0, 0.1) is 0 Å². The molecule has 0 amide bonds. The third-order valence-corrected chi connectivity index (χ3v) is 6.20. The van der Waals surface area contributed by atoms with E-state index in [1.54, 1.807) is 0 Å². The van der Waals surface area contributed by atoms with Crippen LogP contribution >= 0.6 is 0 Å². The number of aliphatic hydroxyl groups excluding tert-OH is 3. The van der Waals surface area contributed by atoms with Crippen LogP contribution in [-0.4, -0.2) is 93.2 Å². The lowest BCUT2D eigenvalue weighted by Crippen LogP contribution is -2.50. The van der Waals surface area contributed by atoms with Crippen molar-refractivity contribution in [2.45, 2.75) is 23.5 Å². The van der Waals surface area contributed by atoms with Crippen molar-refractivity contribution in [1.82, 2.24) is 0 Å². The van der Waals surface area contributed by atoms with Gasteiger partial charge in [0.1, 0.15) is 25.7 Å². The molecule has 1 fully saturated rings. The second-order valence-corrected chi connectivity index (χ2v) is 8.92. The van der Waals surface area contributed by atoms with E-state index in [9.17, 15) is 48.3 Å². The maximum Gasteiger partial charge on any atom is 0.480 e. The summed E-state index contributed by atoms with van der Waals surface area (Å²) in [5.41, 5.74) is -12.4. The van der Waals surface area contributed by atoms with E-state index in [2.05, 4.69) is 0 Å². The van der Waals surface area contributed by atoms with Crippen molar-refractivity contribution in [2.75, 3.05) is 39.4 Å². The molecule has 1 atom stereocenters. The Bertz CT molecular complexity index is 624. The topological polar surface area (TPSA) is 143 Å². The first-order chi connectivity index (χ1) is 11.9. The summed E-state index contributed by atoms with van der Waals surface area (Å²) < 4.78 is 110. The third kappa shape index (κ3) is 7.66. The molecule has 0 radical (unpaired) electrons. The fourth-order valence-corrected chi connectivity index (χ4v) is 3.92. The molecule has 1 rings (SSSR count). The molecule has 1 saturated heterocycles. The normalized spacial score (nSPS) is 20.9. The molecule has 1 aliphatic heterocycles. The van der Waals surface area contributed by atoms with E-state index in [1.165, 1.54) is 0 Å². The predicted molar refractivity (Wildman–Crippen MR) is 77.8 cm³/mol. The van der Waals surface area contributed by atoms with Crippen LogP contribution < -0.4 is 0 Å². The van der Waals surface area contributed by atoms with E-state index >= 15 is 0 Å². The molecule has 0 spiro atoms. The Balaban J connectivity index is 0.000000511. The number of aliphatic hydroxyl groups is 3. The van der Waals surface area contributed by atoms with Crippen LogP contribution in [0.15, 0.2) is 0 Å². The Hall–Kier alpha value is -0.720. The molecule has 3 N–H and O–H groups in total. The zero-order valence-corrected chi connectivity index (χ0v) is 15.1. The summed E-state index contributed by atoms with van der Waals surface area (Å²) >= 11 is 0. The average molecular weight is 456 g/mol. The van der Waals surface area contributed by atoms with Gasteiger partial charge in [0.15, 0.2) is 20.0 Å². The minimum absolute atomic E-state index is 0.132. The average Bonchev–Trinajstić information content (AvgIpc) is 2.78. The number of quaternary nitrogens is 1. The summed E-state index contributed by atoms with van der Waals surface area (Å²) in [4.78, 5) is 0. The largest absolute Gasteiger partial charge is 0.480 e. The molecule has 9 nitrogen and oxygen atoms in total. The van der Waals surface area contributed by atoms with Crippen LogP contribution in [0.1, 0.15) is 6.42 Å². The fourth-order valence-electron chi connectivity index (χ4n) is 2.21. The molecule has 0 aromatic carbocycles. The molecule has 1 heterocycles. The summed E-state index contributed by atoms with van der Waals surface area (Å²) in [6.45, 7) is 3.12. The Labute approximate surface area is 150 Å². The summed E-state index contributed by atoms with van der Waals surface area (Å²) in [5, 5.41) is 27.0. The highest BCUT2D eigenvalue weighted by atomic mass is 32.3. The lowest BCUT2D eigenvalue weighted by atomic mass is 10.3. The van der Waals surface area contributed by atoms with E-state index in [1.807, 2.05) is 0 Å². The number of hydrogen-bond acceptors (Lipinski definition) is 7. The van der Waals surface area contributed by atoms with Gasteiger partial charge < -0.3 is 23.9 Å². The second kappa shape index (κ2) is 9.19. The van der Waals surface area contributed by atoms with E-state index in [-0.39, 0.29) is 19.3 Å². The standard InChI is InChI=1S/C8H18NO3.C2F6NO4S2/c10-5-3-9(4-6-11)2-1-8(12)7-9;3-1(4,5)14(10,11)9-15(12,13)2(6,7)8/h8,10-12H,1-7H2;/q+1;-1. The van der Waals surface area contributed by atoms with E-state index in [0.29, 0.717) is 24.1 Å². The second-order valence-electron chi connectivity index (χ2n) is 5.50. The van der Waals surface area contributed by atoms with Gasteiger partial charge in [0.25, 0.3) is 0 Å². The summed E-state index contributed by atoms with van der Waals surface area (Å²) in [5.74, 6) is 0. The van der Waals surface area contributed by atoms with Gasteiger partial charge in [0.05, 0.1) is 19.8 Å². The lowest BCUT2D eigenvalue weighted by molar-refractivity contribution is -0.918. The van der Waals surface area contributed by atoms with Crippen LogP contribution in [-0.2, 0) is 20.0 Å². The zero-order chi connectivity index (χ0) is 21.7. The number of halogens is 6. The minimum Gasteiger partial charge on any atom is -0.421 e. The van der Waals surface area contributed by atoms with Gasteiger partial charge in [-0.1, -0.05) is 0 Å². The molecule has 0 aliphatic carbocycles. The Morgan fingerprint density at radius 1 is 0.889 bits per heavy atom. The minimum atomic E-state index is -6.72. The van der Waals surface area contributed by atoms with Gasteiger partial charge in [0.2, 0.25) is 0 Å². The maximum absolute atomic E-state index is 11.4. The molecule has 0 aromatic heterocycles. The number of hydrogen-bond donors (Lipinski definition) is 3. The van der Waals surface area contributed by atoms with Crippen LogP contribution in [0.4, 0.5) is 26.3 Å². The molecule has 27 heavy (non-hydrogen) atoms. The molecule has 1 aliphatic rings. The Morgan fingerprint density at radius 3 is 1.48 bits per heavy atom. The maximum atomic E-state index is 11.4. The van der Waals surface area contributed by atoms with Crippen molar-refractivity contribution in [2.24, 2.45) is 0 Å². The van der Waals surface area contributed by atoms with Gasteiger partial charge in [-0.05, 0) is 0 Å². The van der Waals surface area contributed by atoms with Gasteiger partial charge in [-0.3, -0.25) is 0 Å². The first-order valence-corrected chi connectivity index (χ1v) is 9.93. The predicted octanol–water partition coefficient (Wildman–Crippen LogP) is -0.388. The number of nitrogens with zero attached hydrogens (tertiary/aromatic N) is 2. The molecule has 0 saturated carbocycles. The molecule has 164 valence electrons. The van der Waals surface area contributed by atoms with Crippen molar-refractivity contribution in [3.05, 3.63) is 4.13 Å². The smallest absolute Gasteiger partial charge is 0.421 e. The van der Waals surface area contributed by atoms with Crippen molar-refractivity contribution >= 4 is 20.0 Å². The summed E-state index contributed by atoms with van der Waals surface area (Å²) in [6, 6.07) is 0.